The highest BCUT2D eigenvalue weighted by Crippen LogP contribution is 2.70. The van der Waals surface area contributed by atoms with Crippen LogP contribution in [0.15, 0.2) is 176 Å². The van der Waals surface area contributed by atoms with E-state index < -0.39 is 0 Å². The molecule has 2 heteroatoms. The van der Waals surface area contributed by atoms with Gasteiger partial charge in [0.15, 0.2) is 0 Å². The van der Waals surface area contributed by atoms with Crippen LogP contribution in [0.3, 0.4) is 0 Å². The van der Waals surface area contributed by atoms with Crippen molar-refractivity contribution in [2.24, 2.45) is 0 Å². The van der Waals surface area contributed by atoms with Crippen molar-refractivity contribution in [3.8, 4) is 44.5 Å². The normalized spacial score (nSPS) is 15.5. The summed E-state index contributed by atoms with van der Waals surface area (Å²) < 4.78 is 2.63. The molecule has 0 bridgehead atoms. The van der Waals surface area contributed by atoms with Crippen molar-refractivity contribution < 1.29 is 0 Å². The Balaban J connectivity index is 1.00. The monoisotopic (exact) mass is 663 g/mol. The summed E-state index contributed by atoms with van der Waals surface area (Å²) in [6.45, 7) is 0. The molecule has 1 nitrogen and oxygen atoms in total. The second-order valence-electron chi connectivity index (χ2n) is 14.0. The van der Waals surface area contributed by atoms with Gasteiger partial charge >= 0.3 is 0 Å². The van der Waals surface area contributed by atoms with Gasteiger partial charge in [-0.15, -0.1) is 11.3 Å². The highest BCUT2D eigenvalue weighted by Gasteiger charge is 2.57. The second kappa shape index (κ2) is 9.94. The maximum atomic E-state index is 2.49. The minimum Gasteiger partial charge on any atom is -0.310 e. The summed E-state index contributed by atoms with van der Waals surface area (Å²) in [6.07, 6.45) is 0. The Morgan fingerprint density at radius 2 is 0.922 bits per heavy atom. The summed E-state index contributed by atoms with van der Waals surface area (Å²) >= 11 is 1.86. The summed E-state index contributed by atoms with van der Waals surface area (Å²) in [6, 6.07) is 65.6. The van der Waals surface area contributed by atoms with Crippen molar-refractivity contribution in [3.63, 3.8) is 0 Å². The van der Waals surface area contributed by atoms with E-state index in [1.54, 1.807) is 0 Å². The second-order valence-corrected chi connectivity index (χ2v) is 15.1. The first kappa shape index (κ1) is 27.6. The Kier molecular flexibility index (Phi) is 5.38. The van der Waals surface area contributed by atoms with Crippen LogP contribution < -0.4 is 4.90 Å². The molecule has 12 rings (SSSR count). The highest BCUT2D eigenvalue weighted by molar-refractivity contribution is 7.25. The van der Waals surface area contributed by atoms with Gasteiger partial charge in [0.05, 0.1) is 5.41 Å². The number of hydrogen-bond donors (Lipinski definition) is 0. The molecule has 0 saturated heterocycles. The van der Waals surface area contributed by atoms with Crippen molar-refractivity contribution in [2.75, 3.05) is 4.90 Å². The Hall–Kier alpha value is -6.22. The summed E-state index contributed by atoms with van der Waals surface area (Å²) in [5, 5.41) is 2.64. The quantitative estimate of drug-likeness (QED) is 0.181. The van der Waals surface area contributed by atoms with E-state index in [9.17, 15) is 0 Å². The van der Waals surface area contributed by atoms with E-state index in [0.29, 0.717) is 0 Å². The molecule has 236 valence electrons. The molecule has 0 N–H and O–H groups in total. The zero-order valence-electron chi connectivity index (χ0n) is 27.6. The minimum absolute atomic E-state index is 0.269. The third kappa shape index (κ3) is 3.50. The molecule has 1 aromatic heterocycles. The first-order valence-corrected chi connectivity index (χ1v) is 18.5. The Morgan fingerprint density at radius 3 is 1.71 bits per heavy atom. The van der Waals surface area contributed by atoms with E-state index in [0.717, 1.165) is 17.1 Å². The van der Waals surface area contributed by atoms with E-state index in [1.165, 1.54) is 86.9 Å². The molecule has 1 heterocycles. The SMILES string of the molecule is c1ccc(N(c2ccc(-c3ccc4c(c3)C35c6ccccc6-c6cccc(c63)-c3cccc-4c35)cc2)c2ccc3c(c2)sc2ccccc23)cc1. The topological polar surface area (TPSA) is 3.24 Å². The maximum Gasteiger partial charge on any atom is 0.0737 e. The lowest BCUT2D eigenvalue weighted by Crippen LogP contribution is -2.23. The number of benzene rings is 8. The molecule has 51 heavy (non-hydrogen) atoms. The molecular formula is C49H29NS. The molecule has 0 saturated carbocycles. The van der Waals surface area contributed by atoms with E-state index in [2.05, 4.69) is 181 Å². The van der Waals surface area contributed by atoms with Crippen LogP contribution in [-0.4, -0.2) is 0 Å². The van der Waals surface area contributed by atoms with Crippen molar-refractivity contribution >= 4 is 48.6 Å². The van der Waals surface area contributed by atoms with Gasteiger partial charge in [0.25, 0.3) is 0 Å². The number of nitrogens with zero attached hydrogens (tertiary/aromatic N) is 1. The molecule has 9 aromatic rings. The van der Waals surface area contributed by atoms with Crippen molar-refractivity contribution in [2.45, 2.75) is 5.41 Å². The zero-order chi connectivity index (χ0) is 33.3. The third-order valence-corrected chi connectivity index (χ3v) is 12.7. The number of fused-ring (bicyclic) bond motifs is 8. The fourth-order valence-electron chi connectivity index (χ4n) is 9.61. The molecule has 1 spiro atoms. The fourth-order valence-corrected chi connectivity index (χ4v) is 10.8. The van der Waals surface area contributed by atoms with Crippen molar-refractivity contribution in [3.05, 3.63) is 198 Å². The van der Waals surface area contributed by atoms with Crippen LogP contribution in [0.5, 0.6) is 0 Å². The van der Waals surface area contributed by atoms with Gasteiger partial charge in [0.2, 0.25) is 0 Å². The van der Waals surface area contributed by atoms with Crippen LogP contribution in [0.1, 0.15) is 22.3 Å². The van der Waals surface area contributed by atoms with Gasteiger partial charge in [-0.05, 0) is 115 Å². The lowest BCUT2D eigenvalue weighted by atomic mass is 9.73. The van der Waals surface area contributed by atoms with Crippen LogP contribution in [0.25, 0.3) is 64.7 Å². The maximum absolute atomic E-state index is 2.49. The summed E-state index contributed by atoms with van der Waals surface area (Å²) in [5.74, 6) is 0. The first-order valence-electron chi connectivity index (χ1n) is 17.7. The van der Waals surface area contributed by atoms with Crippen molar-refractivity contribution in [1.82, 2.24) is 0 Å². The molecule has 0 radical (unpaired) electrons. The molecular weight excluding hydrogens is 635 g/mol. The molecule has 0 amide bonds. The minimum atomic E-state index is -0.269. The average Bonchev–Trinajstić information content (AvgIpc) is 3.90. The molecule has 8 aromatic carbocycles. The van der Waals surface area contributed by atoms with Crippen LogP contribution in [0.2, 0.25) is 0 Å². The molecule has 0 aliphatic heterocycles. The average molecular weight is 664 g/mol. The lowest BCUT2D eigenvalue weighted by molar-refractivity contribution is 0.818. The van der Waals surface area contributed by atoms with Gasteiger partial charge < -0.3 is 4.90 Å². The smallest absolute Gasteiger partial charge is 0.0737 e. The van der Waals surface area contributed by atoms with Crippen molar-refractivity contribution in [1.29, 1.82) is 0 Å². The van der Waals surface area contributed by atoms with Crippen LogP contribution in [-0.2, 0) is 5.41 Å². The van der Waals surface area contributed by atoms with Gasteiger partial charge in [0, 0.05) is 37.2 Å². The zero-order valence-corrected chi connectivity index (χ0v) is 28.4. The Morgan fingerprint density at radius 1 is 0.353 bits per heavy atom. The molecule has 0 fully saturated rings. The standard InChI is InChI=1S/C49H29NS/c1-2-10-32(11-3-1)50(34-25-27-38-37-13-5-7-19-45(37)51-46(38)29-34)33-23-20-30(21-24-33)31-22-26-36-40-15-9-17-42-41-16-8-14-39-35-12-4-6-18-43(35)49(47(39)41,48(40)42)44(36)28-31/h1-29H. The number of thiophene rings is 1. The van der Waals surface area contributed by atoms with Crippen LogP contribution in [0, 0.1) is 0 Å². The van der Waals surface area contributed by atoms with E-state index in [1.807, 2.05) is 11.3 Å². The van der Waals surface area contributed by atoms with Gasteiger partial charge in [-0.3, -0.25) is 0 Å². The van der Waals surface area contributed by atoms with Gasteiger partial charge in [0.1, 0.15) is 0 Å². The number of para-hydroxylation sites is 1. The van der Waals surface area contributed by atoms with Gasteiger partial charge in [-0.25, -0.2) is 0 Å². The predicted molar refractivity (Wildman–Crippen MR) is 215 cm³/mol. The Labute approximate surface area is 300 Å². The van der Waals surface area contributed by atoms with Gasteiger partial charge in [-0.2, -0.15) is 0 Å². The van der Waals surface area contributed by atoms with E-state index in [4.69, 9.17) is 0 Å². The first-order chi connectivity index (χ1) is 25.3. The van der Waals surface area contributed by atoms with Crippen LogP contribution in [0.4, 0.5) is 17.1 Å². The molecule has 3 aliphatic rings. The molecule has 3 aliphatic carbocycles. The summed E-state index contributed by atoms with van der Waals surface area (Å²) in [5.41, 5.74) is 19.6. The predicted octanol–water partition coefficient (Wildman–Crippen LogP) is 13.5. The molecule has 1 atom stereocenters. The van der Waals surface area contributed by atoms with E-state index in [-0.39, 0.29) is 5.41 Å². The lowest BCUT2D eigenvalue weighted by Gasteiger charge is -2.28. The number of hydrogen-bond acceptors (Lipinski definition) is 2. The largest absolute Gasteiger partial charge is 0.310 e. The summed E-state index contributed by atoms with van der Waals surface area (Å²) in [7, 11) is 0. The number of anilines is 3. The highest BCUT2D eigenvalue weighted by atomic mass is 32.1. The summed E-state index contributed by atoms with van der Waals surface area (Å²) in [4.78, 5) is 2.37. The van der Waals surface area contributed by atoms with Crippen LogP contribution >= 0.6 is 11.3 Å². The third-order valence-electron chi connectivity index (χ3n) is 11.6. The molecule has 1 unspecified atom stereocenters. The fraction of sp³-hybridized carbons (Fsp3) is 0.0204. The van der Waals surface area contributed by atoms with Gasteiger partial charge in [-0.1, -0.05) is 127 Å². The van der Waals surface area contributed by atoms with E-state index >= 15 is 0 Å². The Bertz CT molecular complexity index is 2880. The number of rotatable bonds is 4.